The molecule has 148 valence electrons. The van der Waals surface area contributed by atoms with Crippen LogP contribution < -0.4 is 10.1 Å². The summed E-state index contributed by atoms with van der Waals surface area (Å²) in [6.07, 6.45) is 1.59. The Labute approximate surface area is 175 Å². The fourth-order valence-electron chi connectivity index (χ4n) is 2.67. The van der Waals surface area contributed by atoms with Crippen molar-refractivity contribution in [3.05, 3.63) is 65.1 Å². The summed E-state index contributed by atoms with van der Waals surface area (Å²) in [4.78, 5) is 13.4. The molecule has 7 nitrogen and oxygen atoms in total. The number of nitrogens with zero attached hydrogens (tertiary/aromatic N) is 3. The highest BCUT2D eigenvalue weighted by Gasteiger charge is 2.19. The highest BCUT2D eigenvalue weighted by Crippen LogP contribution is 2.29. The van der Waals surface area contributed by atoms with Gasteiger partial charge in [0.1, 0.15) is 5.75 Å². The average Bonchev–Trinajstić information content (AvgIpc) is 3.52. The van der Waals surface area contributed by atoms with Crippen molar-refractivity contribution < 1.29 is 13.9 Å². The number of aromatic nitrogens is 3. The Balaban J connectivity index is 1.53. The number of thiophene rings is 1. The smallest absolute Gasteiger partial charge is 0.230 e. The number of hydrogen-bond donors (Lipinski definition) is 1. The molecule has 1 aromatic carbocycles. The lowest BCUT2D eigenvalue weighted by Gasteiger charge is -2.10. The maximum atomic E-state index is 12.3. The maximum absolute atomic E-state index is 12.3. The standard InChI is InChI=1S/C20H18N4O3S2/c1-26-15-8-6-14(7-9-15)24-19(17-5-2-10-27-17)22-23-20(24)29-13-18(25)21-12-16-4-3-11-28-16/h2-11H,12-13H2,1H3,(H,21,25). The molecule has 1 amide bonds. The summed E-state index contributed by atoms with van der Waals surface area (Å²) < 4.78 is 12.6. The quantitative estimate of drug-likeness (QED) is 0.429. The molecule has 0 fully saturated rings. The number of hydrogen-bond acceptors (Lipinski definition) is 7. The molecule has 0 aliphatic heterocycles. The van der Waals surface area contributed by atoms with Gasteiger partial charge in [-0.3, -0.25) is 9.36 Å². The van der Waals surface area contributed by atoms with Gasteiger partial charge in [-0.05, 0) is 47.8 Å². The third-order valence-electron chi connectivity index (χ3n) is 4.08. The third kappa shape index (κ3) is 4.52. The summed E-state index contributed by atoms with van der Waals surface area (Å²) >= 11 is 2.94. The van der Waals surface area contributed by atoms with Gasteiger partial charge >= 0.3 is 0 Å². The first-order valence-electron chi connectivity index (χ1n) is 8.80. The van der Waals surface area contributed by atoms with Gasteiger partial charge in [-0.15, -0.1) is 21.5 Å². The number of rotatable bonds is 8. The number of amides is 1. The lowest BCUT2D eigenvalue weighted by Crippen LogP contribution is -2.24. The fraction of sp³-hybridized carbons (Fsp3) is 0.150. The molecule has 3 heterocycles. The molecule has 29 heavy (non-hydrogen) atoms. The Kier molecular flexibility index (Phi) is 5.97. The van der Waals surface area contributed by atoms with Crippen LogP contribution in [0.2, 0.25) is 0 Å². The molecule has 0 saturated heterocycles. The fourth-order valence-corrected chi connectivity index (χ4v) is 4.10. The predicted molar refractivity (Wildman–Crippen MR) is 113 cm³/mol. The van der Waals surface area contributed by atoms with Gasteiger partial charge in [-0.2, -0.15) is 0 Å². The number of thioether (sulfide) groups is 1. The highest BCUT2D eigenvalue weighted by atomic mass is 32.2. The van der Waals surface area contributed by atoms with E-state index < -0.39 is 0 Å². The van der Waals surface area contributed by atoms with Crippen molar-refractivity contribution in [1.82, 2.24) is 20.1 Å². The van der Waals surface area contributed by atoms with Crippen molar-refractivity contribution in [1.29, 1.82) is 0 Å². The molecule has 9 heteroatoms. The summed E-state index contributed by atoms with van der Waals surface area (Å²) in [6, 6.07) is 15.1. The summed E-state index contributed by atoms with van der Waals surface area (Å²) in [7, 11) is 1.62. The first-order valence-corrected chi connectivity index (χ1v) is 10.7. The monoisotopic (exact) mass is 426 g/mol. The second-order valence-corrected chi connectivity index (χ2v) is 7.94. The van der Waals surface area contributed by atoms with E-state index in [0.29, 0.717) is 23.3 Å². The predicted octanol–water partition coefficient (Wildman–Crippen LogP) is 4.01. The van der Waals surface area contributed by atoms with Crippen molar-refractivity contribution in [3.8, 4) is 23.0 Å². The molecule has 0 bridgehead atoms. The molecule has 1 N–H and O–H groups in total. The second-order valence-electron chi connectivity index (χ2n) is 5.96. The molecule has 0 unspecified atom stereocenters. The highest BCUT2D eigenvalue weighted by molar-refractivity contribution is 7.99. The Hall–Kier alpha value is -3.04. The second kappa shape index (κ2) is 8.97. The Morgan fingerprint density at radius 2 is 2.07 bits per heavy atom. The molecule has 0 radical (unpaired) electrons. The van der Waals surface area contributed by atoms with Gasteiger partial charge in [-0.1, -0.05) is 17.8 Å². The van der Waals surface area contributed by atoms with E-state index >= 15 is 0 Å². The number of methoxy groups -OCH3 is 1. The van der Waals surface area contributed by atoms with Crippen molar-refractivity contribution >= 4 is 29.0 Å². The van der Waals surface area contributed by atoms with Crippen LogP contribution in [-0.2, 0) is 11.3 Å². The zero-order valence-electron chi connectivity index (χ0n) is 15.6. The summed E-state index contributed by atoms with van der Waals surface area (Å²) in [5.74, 6) is 2.09. The van der Waals surface area contributed by atoms with Crippen LogP contribution in [0.5, 0.6) is 5.75 Å². The van der Waals surface area contributed by atoms with Crippen LogP contribution in [0.1, 0.15) is 4.88 Å². The van der Waals surface area contributed by atoms with Crippen LogP contribution >= 0.6 is 23.1 Å². The number of nitrogens with one attached hydrogen (secondary N) is 1. The lowest BCUT2D eigenvalue weighted by atomic mass is 10.3. The first kappa shape index (κ1) is 19.3. The summed E-state index contributed by atoms with van der Waals surface area (Å²) in [5.41, 5.74) is 0.851. The minimum absolute atomic E-state index is 0.0628. The van der Waals surface area contributed by atoms with Crippen LogP contribution in [0.25, 0.3) is 17.3 Å². The molecule has 0 aliphatic carbocycles. The SMILES string of the molecule is COc1ccc(-n2c(SCC(=O)NCc3cccs3)nnc2-c2ccco2)cc1. The Morgan fingerprint density at radius 1 is 1.21 bits per heavy atom. The minimum Gasteiger partial charge on any atom is -0.497 e. The maximum Gasteiger partial charge on any atom is 0.230 e. The van der Waals surface area contributed by atoms with Crippen molar-refractivity contribution in [2.75, 3.05) is 12.9 Å². The van der Waals surface area contributed by atoms with Crippen LogP contribution in [0.3, 0.4) is 0 Å². The van der Waals surface area contributed by atoms with Crippen LogP contribution in [-0.4, -0.2) is 33.5 Å². The van der Waals surface area contributed by atoms with Gasteiger partial charge < -0.3 is 14.5 Å². The van der Waals surface area contributed by atoms with Crippen LogP contribution in [0.15, 0.2) is 69.7 Å². The Bertz CT molecular complexity index is 1060. The Morgan fingerprint density at radius 3 is 2.76 bits per heavy atom. The molecular formula is C20H18N4O3S2. The van der Waals surface area contributed by atoms with Crippen LogP contribution in [0.4, 0.5) is 0 Å². The lowest BCUT2D eigenvalue weighted by molar-refractivity contribution is -0.118. The first-order chi connectivity index (χ1) is 14.2. The topological polar surface area (TPSA) is 82.2 Å². The summed E-state index contributed by atoms with van der Waals surface area (Å²) in [6.45, 7) is 0.528. The molecule has 0 spiro atoms. The number of furan rings is 1. The molecule has 4 rings (SSSR count). The largest absolute Gasteiger partial charge is 0.497 e. The van der Waals surface area contributed by atoms with Gasteiger partial charge in [0.15, 0.2) is 10.9 Å². The van der Waals surface area contributed by atoms with E-state index in [1.165, 1.54) is 11.8 Å². The molecule has 4 aromatic rings. The minimum atomic E-state index is -0.0628. The molecule has 0 saturated carbocycles. The van der Waals surface area contributed by atoms with E-state index in [0.717, 1.165) is 16.3 Å². The molecule has 0 aliphatic rings. The van der Waals surface area contributed by atoms with E-state index in [-0.39, 0.29) is 11.7 Å². The van der Waals surface area contributed by atoms with E-state index in [2.05, 4.69) is 15.5 Å². The van der Waals surface area contributed by atoms with Gasteiger partial charge in [0.05, 0.1) is 31.4 Å². The molecule has 3 aromatic heterocycles. The number of carbonyl (C=O) groups excluding carboxylic acids is 1. The number of benzene rings is 1. The average molecular weight is 427 g/mol. The molecular weight excluding hydrogens is 408 g/mol. The summed E-state index contributed by atoms with van der Waals surface area (Å²) in [5, 5.41) is 14.1. The normalized spacial score (nSPS) is 10.8. The van der Waals surface area contributed by atoms with Gasteiger partial charge in [-0.25, -0.2) is 0 Å². The van der Waals surface area contributed by atoms with Crippen molar-refractivity contribution in [2.45, 2.75) is 11.7 Å². The molecule has 0 atom stereocenters. The zero-order valence-corrected chi connectivity index (χ0v) is 17.2. The third-order valence-corrected chi connectivity index (χ3v) is 5.88. The van der Waals surface area contributed by atoms with E-state index in [1.807, 2.05) is 52.4 Å². The van der Waals surface area contributed by atoms with E-state index in [4.69, 9.17) is 9.15 Å². The number of carbonyl (C=O) groups is 1. The van der Waals surface area contributed by atoms with Crippen molar-refractivity contribution in [2.24, 2.45) is 0 Å². The zero-order chi connectivity index (χ0) is 20.1. The van der Waals surface area contributed by atoms with Crippen molar-refractivity contribution in [3.63, 3.8) is 0 Å². The van der Waals surface area contributed by atoms with Crippen LogP contribution in [0, 0.1) is 0 Å². The van der Waals surface area contributed by atoms with Gasteiger partial charge in [0, 0.05) is 4.88 Å². The van der Waals surface area contributed by atoms with E-state index in [9.17, 15) is 4.79 Å². The van der Waals surface area contributed by atoms with E-state index in [1.54, 1.807) is 30.8 Å². The number of ether oxygens (including phenoxy) is 1. The van der Waals surface area contributed by atoms with Gasteiger partial charge in [0.2, 0.25) is 11.7 Å². The van der Waals surface area contributed by atoms with Gasteiger partial charge in [0.25, 0.3) is 0 Å².